The van der Waals surface area contributed by atoms with Gasteiger partial charge in [-0.2, -0.15) is 4.31 Å². The summed E-state index contributed by atoms with van der Waals surface area (Å²) in [5, 5.41) is 0. The minimum Gasteiger partial charge on any atom is -0.379 e. The number of halogens is 3. The van der Waals surface area contributed by atoms with Gasteiger partial charge in [0.1, 0.15) is 10.7 Å². The molecule has 0 radical (unpaired) electrons. The minimum atomic E-state index is -4.27. The largest absolute Gasteiger partial charge is 0.379 e. The predicted molar refractivity (Wildman–Crippen MR) is 96.5 cm³/mol. The summed E-state index contributed by atoms with van der Waals surface area (Å²) in [6.45, 7) is 5.46. The highest BCUT2D eigenvalue weighted by atomic mass is 32.2. The first-order chi connectivity index (χ1) is 12.9. The first-order valence-electron chi connectivity index (χ1n) is 9.31. The third-order valence-electron chi connectivity index (χ3n) is 4.62. The number of benzene rings is 1. The van der Waals surface area contributed by atoms with Crippen molar-refractivity contribution < 1.29 is 26.3 Å². The van der Waals surface area contributed by atoms with Crippen LogP contribution in [0.25, 0.3) is 0 Å². The Bertz CT molecular complexity index is 710. The van der Waals surface area contributed by atoms with Crippen molar-refractivity contribution in [2.24, 2.45) is 0 Å². The summed E-state index contributed by atoms with van der Waals surface area (Å²) >= 11 is 0. The zero-order valence-corrected chi connectivity index (χ0v) is 16.4. The summed E-state index contributed by atoms with van der Waals surface area (Å²) in [5.74, 6) is -4.07. The van der Waals surface area contributed by atoms with Crippen molar-refractivity contribution in [3.8, 4) is 0 Å². The number of unbranched alkanes of at least 4 members (excludes halogenated alkanes) is 3. The topological polar surface area (TPSA) is 49.9 Å². The predicted octanol–water partition coefficient (Wildman–Crippen LogP) is 3.01. The molecule has 1 fully saturated rings. The van der Waals surface area contributed by atoms with E-state index in [-0.39, 0.29) is 19.2 Å². The first kappa shape index (κ1) is 22.1. The Balaban J connectivity index is 2.17. The van der Waals surface area contributed by atoms with Crippen LogP contribution in [-0.4, -0.2) is 63.6 Å². The molecule has 0 N–H and O–H groups in total. The van der Waals surface area contributed by atoms with Crippen LogP contribution in [0.4, 0.5) is 13.2 Å². The third-order valence-corrected chi connectivity index (χ3v) is 6.54. The average Bonchev–Trinajstić information content (AvgIpc) is 2.64. The zero-order chi connectivity index (χ0) is 19.9. The van der Waals surface area contributed by atoms with Gasteiger partial charge in [0.2, 0.25) is 10.0 Å². The lowest BCUT2D eigenvalue weighted by Gasteiger charge is -2.29. The van der Waals surface area contributed by atoms with Gasteiger partial charge in [0.15, 0.2) is 11.6 Å². The standard InChI is InChI=1S/C18H27F3N2O3S/c1-2-3-4-5-6-23(8-7-22-9-11-26-12-10-22)27(24,25)18-14-16(20)15(19)13-17(18)21/h13-14H,2-12H2,1H3. The molecular weight excluding hydrogens is 381 g/mol. The van der Waals surface area contributed by atoms with Gasteiger partial charge < -0.3 is 4.74 Å². The Morgan fingerprint density at radius 2 is 1.67 bits per heavy atom. The summed E-state index contributed by atoms with van der Waals surface area (Å²) in [7, 11) is -4.27. The number of sulfonamides is 1. The fourth-order valence-electron chi connectivity index (χ4n) is 2.99. The number of rotatable bonds is 10. The normalized spacial score (nSPS) is 16.2. The monoisotopic (exact) mass is 408 g/mol. The summed E-state index contributed by atoms with van der Waals surface area (Å²) in [5.41, 5.74) is 0. The fourth-order valence-corrected chi connectivity index (χ4v) is 4.51. The molecule has 0 bridgehead atoms. The average molecular weight is 408 g/mol. The summed E-state index contributed by atoms with van der Waals surface area (Å²) < 4.78 is 73.1. The number of ether oxygens (including phenoxy) is 1. The van der Waals surface area contributed by atoms with Crippen molar-refractivity contribution in [3.05, 3.63) is 29.6 Å². The Hall–Kier alpha value is -1.16. The van der Waals surface area contributed by atoms with Crippen molar-refractivity contribution in [3.63, 3.8) is 0 Å². The lowest BCUT2D eigenvalue weighted by Crippen LogP contribution is -2.43. The van der Waals surface area contributed by atoms with E-state index < -0.39 is 32.4 Å². The van der Waals surface area contributed by atoms with Gasteiger partial charge in [-0.25, -0.2) is 21.6 Å². The van der Waals surface area contributed by atoms with E-state index in [9.17, 15) is 21.6 Å². The molecule has 0 atom stereocenters. The molecule has 1 heterocycles. The number of nitrogens with zero attached hydrogens (tertiary/aromatic N) is 2. The van der Waals surface area contributed by atoms with Crippen LogP contribution in [0.2, 0.25) is 0 Å². The highest BCUT2D eigenvalue weighted by Gasteiger charge is 2.29. The molecule has 5 nitrogen and oxygen atoms in total. The SMILES string of the molecule is CCCCCCN(CCN1CCOCC1)S(=O)(=O)c1cc(F)c(F)cc1F. The van der Waals surface area contributed by atoms with Crippen LogP contribution in [0, 0.1) is 17.5 Å². The Labute approximate surface area is 159 Å². The van der Waals surface area contributed by atoms with Gasteiger partial charge in [-0.05, 0) is 12.5 Å². The summed E-state index contributed by atoms with van der Waals surface area (Å²) in [4.78, 5) is 1.25. The number of morpholine rings is 1. The summed E-state index contributed by atoms with van der Waals surface area (Å²) in [6, 6.07) is 0.702. The molecule has 1 saturated heterocycles. The third kappa shape index (κ3) is 6.17. The van der Waals surface area contributed by atoms with E-state index >= 15 is 0 Å². The van der Waals surface area contributed by atoms with Crippen LogP contribution in [0.15, 0.2) is 17.0 Å². The molecule has 0 spiro atoms. The highest BCUT2D eigenvalue weighted by Crippen LogP contribution is 2.23. The molecule has 1 aromatic rings. The molecule has 2 rings (SSSR count). The van der Waals surface area contributed by atoms with Crippen molar-refractivity contribution in [2.75, 3.05) is 45.9 Å². The van der Waals surface area contributed by atoms with Crippen LogP contribution in [0.5, 0.6) is 0 Å². The molecule has 1 aliphatic heterocycles. The first-order valence-corrected chi connectivity index (χ1v) is 10.7. The minimum absolute atomic E-state index is 0.160. The van der Waals surface area contributed by atoms with Gasteiger partial charge in [-0.15, -0.1) is 0 Å². The smallest absolute Gasteiger partial charge is 0.246 e. The number of hydrogen-bond donors (Lipinski definition) is 0. The molecule has 154 valence electrons. The Morgan fingerprint density at radius 1 is 1.00 bits per heavy atom. The maximum absolute atomic E-state index is 14.1. The van der Waals surface area contributed by atoms with E-state index in [2.05, 4.69) is 4.90 Å². The van der Waals surface area contributed by atoms with E-state index in [0.717, 1.165) is 19.3 Å². The van der Waals surface area contributed by atoms with Gasteiger partial charge in [0.25, 0.3) is 0 Å². The maximum Gasteiger partial charge on any atom is 0.246 e. The fraction of sp³-hybridized carbons (Fsp3) is 0.667. The van der Waals surface area contributed by atoms with E-state index in [1.54, 1.807) is 0 Å². The van der Waals surface area contributed by atoms with Crippen molar-refractivity contribution in [1.29, 1.82) is 0 Å². The van der Waals surface area contributed by atoms with Crippen molar-refractivity contribution >= 4 is 10.0 Å². The van der Waals surface area contributed by atoms with Gasteiger partial charge >= 0.3 is 0 Å². The maximum atomic E-state index is 14.1. The lowest BCUT2D eigenvalue weighted by atomic mass is 10.2. The van der Waals surface area contributed by atoms with Crippen LogP contribution in [0.1, 0.15) is 32.6 Å². The molecule has 0 unspecified atom stereocenters. The quantitative estimate of drug-likeness (QED) is 0.441. The molecule has 0 aliphatic carbocycles. The second-order valence-corrected chi connectivity index (χ2v) is 8.52. The summed E-state index contributed by atoms with van der Waals surface area (Å²) in [6.07, 6.45) is 3.44. The van der Waals surface area contributed by atoms with Crippen molar-refractivity contribution in [2.45, 2.75) is 37.5 Å². The van der Waals surface area contributed by atoms with Gasteiger partial charge in [0, 0.05) is 38.8 Å². The Morgan fingerprint density at radius 3 is 2.33 bits per heavy atom. The van der Waals surface area contributed by atoms with Gasteiger partial charge in [-0.1, -0.05) is 26.2 Å². The Kier molecular flexibility index (Phi) is 8.53. The van der Waals surface area contributed by atoms with E-state index in [1.807, 2.05) is 6.92 Å². The van der Waals surface area contributed by atoms with E-state index in [4.69, 9.17) is 4.74 Å². The second-order valence-electron chi connectivity index (χ2n) is 6.62. The van der Waals surface area contributed by atoms with Crippen LogP contribution < -0.4 is 0 Å². The molecule has 0 amide bonds. The van der Waals surface area contributed by atoms with Gasteiger partial charge in [0.05, 0.1) is 13.2 Å². The van der Waals surface area contributed by atoms with E-state index in [0.29, 0.717) is 45.3 Å². The van der Waals surface area contributed by atoms with Crippen LogP contribution in [-0.2, 0) is 14.8 Å². The van der Waals surface area contributed by atoms with E-state index in [1.165, 1.54) is 4.31 Å². The molecule has 9 heteroatoms. The van der Waals surface area contributed by atoms with Gasteiger partial charge in [-0.3, -0.25) is 4.90 Å². The second kappa shape index (κ2) is 10.4. The molecule has 1 aromatic carbocycles. The molecule has 0 saturated carbocycles. The lowest BCUT2D eigenvalue weighted by molar-refractivity contribution is 0.0362. The van der Waals surface area contributed by atoms with Crippen LogP contribution >= 0.6 is 0 Å². The molecule has 0 aromatic heterocycles. The highest BCUT2D eigenvalue weighted by molar-refractivity contribution is 7.89. The van der Waals surface area contributed by atoms with Crippen LogP contribution in [0.3, 0.4) is 0 Å². The number of hydrogen-bond acceptors (Lipinski definition) is 4. The molecule has 1 aliphatic rings. The molecular formula is C18H27F3N2O3S. The van der Waals surface area contributed by atoms with Crippen molar-refractivity contribution in [1.82, 2.24) is 9.21 Å². The molecule has 27 heavy (non-hydrogen) atoms. The zero-order valence-electron chi connectivity index (χ0n) is 15.6.